The molecule has 2 rings (SSSR count). The van der Waals surface area contributed by atoms with Crippen molar-refractivity contribution in [3.05, 3.63) is 12.2 Å². The molecule has 10 nitrogen and oxygen atoms in total. The molecule has 0 bridgehead atoms. The second kappa shape index (κ2) is 11.9. The molecule has 13 heteroatoms. The Morgan fingerprint density at radius 2 is 2.22 bits per heavy atom. The van der Waals surface area contributed by atoms with Gasteiger partial charge in [0.2, 0.25) is 5.82 Å². The number of hydrogen-bond donors (Lipinski definition) is 4. The van der Waals surface area contributed by atoms with Crippen molar-refractivity contribution in [2.45, 2.75) is 44.3 Å². The van der Waals surface area contributed by atoms with E-state index in [1.165, 1.54) is 23.1 Å². The molecular weight excluding hydrogens is 417 g/mol. The molecule has 5 N–H and O–H groups in total. The topological polar surface area (TPSA) is 157 Å². The van der Waals surface area contributed by atoms with Gasteiger partial charge >= 0.3 is 7.80 Å². The number of amidine groups is 1. The van der Waals surface area contributed by atoms with Gasteiger partial charge in [-0.1, -0.05) is 4.57 Å². The highest BCUT2D eigenvalue weighted by Gasteiger charge is 2.44. The molecule has 1 aliphatic heterocycles. The minimum atomic E-state index is -1.40. The van der Waals surface area contributed by atoms with Crippen LogP contribution in [-0.4, -0.2) is 73.8 Å². The number of aliphatic hydroxyl groups excluding tert-OH is 2. The van der Waals surface area contributed by atoms with E-state index in [0.717, 1.165) is 12.2 Å². The molecule has 0 spiro atoms. The number of nitrogens with zero attached hydrogens (tertiary/aromatic N) is 3. The van der Waals surface area contributed by atoms with Crippen molar-refractivity contribution in [2.75, 3.05) is 24.7 Å². The molecule has 1 saturated heterocycles. The lowest BCUT2D eigenvalue weighted by Crippen LogP contribution is -2.32. The Labute approximate surface area is 169 Å². The van der Waals surface area contributed by atoms with Crippen LogP contribution in [0.25, 0.3) is 0 Å². The molecule has 0 aliphatic carbocycles. The van der Waals surface area contributed by atoms with E-state index in [-0.39, 0.29) is 24.1 Å². The Kier molecular flexibility index (Phi) is 10.7. The van der Waals surface area contributed by atoms with Crippen LogP contribution < -0.4 is 5.73 Å². The maximum absolute atomic E-state index is 12.1. The number of ether oxygens (including phenoxy) is 1. The molecule has 1 aromatic heterocycles. The smallest absolute Gasteiger partial charge is 0.338 e. The summed E-state index contributed by atoms with van der Waals surface area (Å²) in [7, 11) is -1.40. The molecule has 5 unspecified atom stereocenters. The monoisotopic (exact) mass is 442 g/mol. The van der Waals surface area contributed by atoms with Crippen molar-refractivity contribution in [1.82, 2.24) is 14.8 Å². The fourth-order valence-corrected chi connectivity index (χ4v) is 4.57. The summed E-state index contributed by atoms with van der Waals surface area (Å²) in [6.07, 6.45) is -0.406. The molecule has 0 aromatic carbocycles. The van der Waals surface area contributed by atoms with Crippen molar-refractivity contribution in [3.8, 4) is 0 Å². The van der Waals surface area contributed by atoms with Crippen LogP contribution in [0.1, 0.15) is 31.8 Å². The predicted octanol–water partition coefficient (Wildman–Crippen LogP) is 0.895. The Morgan fingerprint density at radius 3 is 2.85 bits per heavy atom. The van der Waals surface area contributed by atoms with Crippen LogP contribution >= 0.6 is 32.3 Å². The summed E-state index contributed by atoms with van der Waals surface area (Å²) < 4.78 is 24.1. The minimum absolute atomic E-state index is 0. The number of aliphatic hydroxyl groups is 2. The fraction of sp³-hybridized carbons (Fsp3) is 0.786. The molecule has 27 heavy (non-hydrogen) atoms. The third-order valence-corrected chi connectivity index (χ3v) is 6.28. The lowest BCUT2D eigenvalue weighted by Gasteiger charge is -2.13. The van der Waals surface area contributed by atoms with Gasteiger partial charge in [-0.25, -0.2) is 9.67 Å². The summed E-state index contributed by atoms with van der Waals surface area (Å²) >= 11 is 1.38. The van der Waals surface area contributed by atoms with Crippen molar-refractivity contribution in [3.63, 3.8) is 0 Å². The number of nitrogens with one attached hydrogen (secondary N) is 1. The van der Waals surface area contributed by atoms with Gasteiger partial charge < -0.3 is 24.9 Å². The zero-order valence-electron chi connectivity index (χ0n) is 14.9. The van der Waals surface area contributed by atoms with Gasteiger partial charge in [0.15, 0.2) is 12.1 Å². The van der Waals surface area contributed by atoms with Gasteiger partial charge in [0, 0.05) is 18.6 Å². The second-order valence-corrected chi connectivity index (χ2v) is 8.55. The average molecular weight is 443 g/mol. The summed E-state index contributed by atoms with van der Waals surface area (Å²) in [6.45, 7) is 2.57. The van der Waals surface area contributed by atoms with Crippen molar-refractivity contribution in [2.24, 2.45) is 5.73 Å². The predicted molar refractivity (Wildman–Crippen MR) is 105 cm³/mol. The molecule has 2 heterocycles. The second-order valence-electron chi connectivity index (χ2n) is 5.81. The quantitative estimate of drug-likeness (QED) is 0.128. The van der Waals surface area contributed by atoms with E-state index in [0.29, 0.717) is 25.4 Å². The first-order valence-electron chi connectivity index (χ1n) is 8.37. The molecule has 5 atom stereocenters. The van der Waals surface area contributed by atoms with E-state index in [4.69, 9.17) is 20.1 Å². The Hall–Kier alpha value is -0.810. The first-order valence-corrected chi connectivity index (χ1v) is 10.9. The van der Waals surface area contributed by atoms with E-state index >= 15 is 0 Å². The lowest BCUT2D eigenvalue weighted by molar-refractivity contribution is -0.0449. The first-order chi connectivity index (χ1) is 12.4. The first kappa shape index (κ1) is 24.2. The number of halogens is 1. The summed E-state index contributed by atoms with van der Waals surface area (Å²) in [5.74, 6) is 0.517. The van der Waals surface area contributed by atoms with Crippen molar-refractivity contribution >= 4 is 38.1 Å². The standard InChI is InChI=1S/C14H25N5O5PS.ClH/c1-2-23-26-7-3-5-25(22)6-4-9-10(20)11(21)14(24-9)19-8-17-13(18-19)12(15)16;/h8-11,14,20-21H,2-7H2,1H3,(H3,15,16);1H/q+1;. The van der Waals surface area contributed by atoms with Crippen LogP contribution in [0.3, 0.4) is 0 Å². The molecule has 154 valence electrons. The van der Waals surface area contributed by atoms with Crippen molar-refractivity contribution in [1.29, 1.82) is 5.41 Å². The van der Waals surface area contributed by atoms with Gasteiger partial charge in [-0.3, -0.25) is 5.41 Å². The molecule has 1 aliphatic rings. The van der Waals surface area contributed by atoms with Crippen LogP contribution in [0, 0.1) is 5.41 Å². The average Bonchev–Trinajstić information content (AvgIpc) is 3.20. The Morgan fingerprint density at radius 1 is 1.48 bits per heavy atom. The highest BCUT2D eigenvalue weighted by molar-refractivity contribution is 7.94. The number of nitrogen functional groups attached to an aromatic ring is 1. The molecule has 1 fully saturated rings. The Bertz CT molecular complexity index is 624. The molecular formula is C14H26ClN5O5PS+. The van der Waals surface area contributed by atoms with Crippen LogP contribution in [0.5, 0.6) is 0 Å². The fourth-order valence-electron chi connectivity index (χ4n) is 2.53. The number of hydrogen-bond acceptors (Lipinski definition) is 9. The van der Waals surface area contributed by atoms with E-state index in [2.05, 4.69) is 10.1 Å². The largest absolute Gasteiger partial charge is 0.388 e. The van der Waals surface area contributed by atoms with Gasteiger partial charge in [0.25, 0.3) is 0 Å². The summed E-state index contributed by atoms with van der Waals surface area (Å²) in [4.78, 5) is 3.84. The SMILES string of the molecule is CCOSCCC[P+](=O)CCC1OC(n2cnc(C(=N)N)n2)C(O)C1O.Cl. The zero-order valence-corrected chi connectivity index (χ0v) is 17.5. The molecule has 0 radical (unpaired) electrons. The zero-order chi connectivity index (χ0) is 19.1. The van der Waals surface area contributed by atoms with Crippen LogP contribution in [0.15, 0.2) is 6.33 Å². The minimum Gasteiger partial charge on any atom is -0.388 e. The van der Waals surface area contributed by atoms with E-state index in [1.54, 1.807) is 0 Å². The van der Waals surface area contributed by atoms with Crippen LogP contribution in [0.2, 0.25) is 0 Å². The Balaban J connectivity index is 0.00000364. The van der Waals surface area contributed by atoms with Gasteiger partial charge in [-0.2, -0.15) is 0 Å². The van der Waals surface area contributed by atoms with Crippen LogP contribution in [-0.2, 0) is 13.5 Å². The third kappa shape index (κ3) is 6.94. The van der Waals surface area contributed by atoms with Gasteiger partial charge in [-0.15, -0.1) is 17.5 Å². The van der Waals surface area contributed by atoms with E-state index < -0.39 is 32.3 Å². The van der Waals surface area contributed by atoms with Gasteiger partial charge in [0.1, 0.15) is 30.9 Å². The number of nitrogens with two attached hydrogens (primary N) is 1. The van der Waals surface area contributed by atoms with E-state index in [9.17, 15) is 14.8 Å². The molecule has 0 amide bonds. The van der Waals surface area contributed by atoms with Gasteiger partial charge in [-0.05, 0) is 19.0 Å². The highest BCUT2D eigenvalue weighted by atomic mass is 35.5. The molecule has 1 aromatic rings. The van der Waals surface area contributed by atoms with Crippen LogP contribution in [0.4, 0.5) is 0 Å². The summed E-state index contributed by atoms with van der Waals surface area (Å²) in [6, 6.07) is 0. The third-order valence-electron chi connectivity index (χ3n) is 3.85. The van der Waals surface area contributed by atoms with Gasteiger partial charge in [0.05, 0.1) is 12.7 Å². The number of rotatable bonds is 11. The normalized spacial score (nSPS) is 25.2. The molecule has 0 saturated carbocycles. The number of aromatic nitrogens is 3. The maximum Gasteiger partial charge on any atom is 0.338 e. The summed E-state index contributed by atoms with van der Waals surface area (Å²) in [5.41, 5.74) is 5.31. The lowest BCUT2D eigenvalue weighted by atomic mass is 10.1. The highest BCUT2D eigenvalue weighted by Crippen LogP contribution is 2.33. The van der Waals surface area contributed by atoms with Crippen molar-refractivity contribution < 1.29 is 23.7 Å². The van der Waals surface area contributed by atoms with E-state index in [1.807, 2.05) is 6.92 Å². The summed E-state index contributed by atoms with van der Waals surface area (Å²) in [5, 5.41) is 31.6. The maximum atomic E-state index is 12.1.